The van der Waals surface area contributed by atoms with Crippen LogP contribution in [0.25, 0.3) is 0 Å². The Morgan fingerprint density at radius 2 is 1.82 bits per heavy atom. The molecule has 1 fully saturated rings. The van der Waals surface area contributed by atoms with Gasteiger partial charge < -0.3 is 10.6 Å². The standard InChI is InChI=1S/C21H20FN5O4S2/c1-13(28)23-14-8-10-15(11-9-14)33(30,31)27-12-4-7-18(27)20-25-26-21(32-20)19(29)24-17-6-3-2-5-16(17)22/h2-3,5-6,8-11,18H,4,7,12H2,1H3,(H,23,28)(H,24,29). The number of nitrogens with zero attached hydrogens (tertiary/aromatic N) is 3. The second-order valence-electron chi connectivity index (χ2n) is 7.36. The molecule has 2 amide bonds. The van der Waals surface area contributed by atoms with E-state index < -0.39 is 27.8 Å². The molecule has 0 aliphatic carbocycles. The number of para-hydroxylation sites is 1. The summed E-state index contributed by atoms with van der Waals surface area (Å²) in [5.41, 5.74) is 0.515. The van der Waals surface area contributed by atoms with Crippen LogP contribution in [0.5, 0.6) is 0 Å². The van der Waals surface area contributed by atoms with Gasteiger partial charge in [-0.3, -0.25) is 9.59 Å². The molecule has 0 saturated carbocycles. The molecule has 2 N–H and O–H groups in total. The van der Waals surface area contributed by atoms with Crippen molar-refractivity contribution in [3.63, 3.8) is 0 Å². The van der Waals surface area contributed by atoms with Crippen molar-refractivity contribution in [1.82, 2.24) is 14.5 Å². The molecule has 33 heavy (non-hydrogen) atoms. The van der Waals surface area contributed by atoms with E-state index >= 15 is 0 Å². The molecular formula is C21H20FN5O4S2. The molecule has 2 aromatic carbocycles. The minimum Gasteiger partial charge on any atom is -0.326 e. The van der Waals surface area contributed by atoms with Crippen LogP contribution in [0.1, 0.15) is 40.6 Å². The first-order valence-electron chi connectivity index (χ1n) is 10.0. The molecule has 0 bridgehead atoms. The lowest BCUT2D eigenvalue weighted by molar-refractivity contribution is -0.114. The van der Waals surface area contributed by atoms with Gasteiger partial charge in [-0.15, -0.1) is 10.2 Å². The molecule has 12 heteroatoms. The van der Waals surface area contributed by atoms with E-state index in [4.69, 9.17) is 0 Å². The predicted molar refractivity (Wildman–Crippen MR) is 121 cm³/mol. The van der Waals surface area contributed by atoms with Crippen LogP contribution in [-0.4, -0.2) is 41.3 Å². The average molecular weight is 490 g/mol. The summed E-state index contributed by atoms with van der Waals surface area (Å²) in [5.74, 6) is -1.45. The number of benzene rings is 2. The van der Waals surface area contributed by atoms with Gasteiger partial charge in [0.2, 0.25) is 20.9 Å². The van der Waals surface area contributed by atoms with Crippen molar-refractivity contribution in [2.75, 3.05) is 17.2 Å². The molecule has 1 atom stereocenters. The normalized spacial score (nSPS) is 16.5. The van der Waals surface area contributed by atoms with Crippen LogP contribution in [0.2, 0.25) is 0 Å². The molecule has 1 unspecified atom stereocenters. The zero-order valence-electron chi connectivity index (χ0n) is 17.5. The number of halogens is 1. The highest BCUT2D eigenvalue weighted by Crippen LogP contribution is 2.38. The first kappa shape index (κ1) is 23.0. The number of aromatic nitrogens is 2. The highest BCUT2D eigenvalue weighted by atomic mass is 32.2. The van der Waals surface area contributed by atoms with Crippen LogP contribution in [0, 0.1) is 5.82 Å². The molecule has 4 rings (SSSR count). The minimum atomic E-state index is -3.84. The van der Waals surface area contributed by atoms with E-state index in [9.17, 15) is 22.4 Å². The van der Waals surface area contributed by atoms with E-state index in [0.29, 0.717) is 30.1 Å². The monoisotopic (exact) mass is 489 g/mol. The van der Waals surface area contributed by atoms with Crippen molar-refractivity contribution in [1.29, 1.82) is 0 Å². The predicted octanol–water partition coefficient (Wildman–Crippen LogP) is 3.41. The summed E-state index contributed by atoms with van der Waals surface area (Å²) in [6, 6.07) is 11.1. The summed E-state index contributed by atoms with van der Waals surface area (Å²) in [4.78, 5) is 23.7. The van der Waals surface area contributed by atoms with E-state index in [1.54, 1.807) is 6.07 Å². The van der Waals surface area contributed by atoms with Crippen molar-refractivity contribution in [2.24, 2.45) is 0 Å². The van der Waals surface area contributed by atoms with E-state index in [-0.39, 0.29) is 21.5 Å². The molecule has 1 aromatic heterocycles. The van der Waals surface area contributed by atoms with Crippen LogP contribution in [0.4, 0.5) is 15.8 Å². The van der Waals surface area contributed by atoms with Gasteiger partial charge in [0.05, 0.1) is 16.6 Å². The molecule has 9 nitrogen and oxygen atoms in total. The Hall–Kier alpha value is -3.22. The number of rotatable bonds is 6. The van der Waals surface area contributed by atoms with E-state index in [1.807, 2.05) is 0 Å². The molecule has 0 spiro atoms. The molecule has 1 saturated heterocycles. The molecule has 3 aromatic rings. The lowest BCUT2D eigenvalue weighted by atomic mass is 10.2. The van der Waals surface area contributed by atoms with Gasteiger partial charge in [-0.2, -0.15) is 4.31 Å². The summed E-state index contributed by atoms with van der Waals surface area (Å²) in [7, 11) is -3.84. The molecule has 172 valence electrons. The van der Waals surface area contributed by atoms with Gasteiger partial charge in [-0.05, 0) is 49.2 Å². The van der Waals surface area contributed by atoms with Gasteiger partial charge >= 0.3 is 0 Å². The number of carbonyl (C=O) groups excluding carboxylic acids is 2. The smallest absolute Gasteiger partial charge is 0.286 e. The van der Waals surface area contributed by atoms with Crippen LogP contribution in [0.15, 0.2) is 53.4 Å². The Labute approximate surface area is 193 Å². The van der Waals surface area contributed by atoms with E-state index in [2.05, 4.69) is 20.8 Å². The fourth-order valence-electron chi connectivity index (χ4n) is 3.52. The lowest BCUT2D eigenvalue weighted by Gasteiger charge is -2.22. The summed E-state index contributed by atoms with van der Waals surface area (Å²) < 4.78 is 41.6. The molecule has 1 aliphatic heterocycles. The third-order valence-corrected chi connectivity index (χ3v) is 7.97. The largest absolute Gasteiger partial charge is 0.326 e. The highest BCUT2D eigenvalue weighted by molar-refractivity contribution is 7.89. The van der Waals surface area contributed by atoms with Gasteiger partial charge in [0.25, 0.3) is 5.91 Å². The van der Waals surface area contributed by atoms with Crippen molar-refractivity contribution in [3.05, 3.63) is 64.4 Å². The Balaban J connectivity index is 1.52. The van der Waals surface area contributed by atoms with Crippen molar-refractivity contribution in [2.45, 2.75) is 30.7 Å². The van der Waals surface area contributed by atoms with Crippen molar-refractivity contribution < 1.29 is 22.4 Å². The number of hydrogen-bond donors (Lipinski definition) is 2. The number of sulfonamides is 1. The van der Waals surface area contributed by atoms with Gasteiger partial charge in [0.15, 0.2) is 0 Å². The SMILES string of the molecule is CC(=O)Nc1ccc(S(=O)(=O)N2CCCC2c2nnc(C(=O)Nc3ccccc3F)s2)cc1. The second kappa shape index (κ2) is 9.33. The maximum absolute atomic E-state index is 13.8. The lowest BCUT2D eigenvalue weighted by Crippen LogP contribution is -2.30. The van der Waals surface area contributed by atoms with Gasteiger partial charge in [0.1, 0.15) is 10.8 Å². The first-order valence-corrected chi connectivity index (χ1v) is 12.3. The number of nitrogens with one attached hydrogen (secondary N) is 2. The summed E-state index contributed by atoms with van der Waals surface area (Å²) in [6.45, 7) is 1.67. The van der Waals surface area contributed by atoms with Gasteiger partial charge in [-0.25, -0.2) is 12.8 Å². The Bertz CT molecular complexity index is 1290. The van der Waals surface area contributed by atoms with Gasteiger partial charge in [0, 0.05) is 19.2 Å². The minimum absolute atomic E-state index is 0.0113. The molecule has 1 aliphatic rings. The number of anilines is 2. The van der Waals surface area contributed by atoms with Crippen molar-refractivity contribution >= 4 is 44.5 Å². The third kappa shape index (κ3) is 4.92. The first-order chi connectivity index (χ1) is 15.8. The number of amides is 2. The third-order valence-electron chi connectivity index (χ3n) is 5.03. The topological polar surface area (TPSA) is 121 Å². The summed E-state index contributed by atoms with van der Waals surface area (Å²) in [5, 5.41) is 13.4. The zero-order valence-corrected chi connectivity index (χ0v) is 19.1. The highest BCUT2D eigenvalue weighted by Gasteiger charge is 2.38. The fraction of sp³-hybridized carbons (Fsp3) is 0.238. The van der Waals surface area contributed by atoms with Crippen molar-refractivity contribution in [3.8, 4) is 0 Å². The summed E-state index contributed by atoms with van der Waals surface area (Å²) >= 11 is 0.977. The summed E-state index contributed by atoms with van der Waals surface area (Å²) in [6.07, 6.45) is 1.16. The molecule has 2 heterocycles. The average Bonchev–Trinajstić information content (AvgIpc) is 3.45. The number of hydrogen-bond acceptors (Lipinski definition) is 7. The maximum atomic E-state index is 13.8. The van der Waals surface area contributed by atoms with Crippen LogP contribution in [-0.2, 0) is 14.8 Å². The number of carbonyl (C=O) groups is 2. The Morgan fingerprint density at radius 3 is 2.52 bits per heavy atom. The Morgan fingerprint density at radius 1 is 1.09 bits per heavy atom. The van der Waals surface area contributed by atoms with E-state index in [1.165, 1.54) is 53.7 Å². The molecular weight excluding hydrogens is 469 g/mol. The van der Waals surface area contributed by atoms with Gasteiger partial charge in [-0.1, -0.05) is 23.5 Å². The second-order valence-corrected chi connectivity index (χ2v) is 10.3. The van der Waals surface area contributed by atoms with Crippen LogP contribution < -0.4 is 10.6 Å². The Kier molecular flexibility index (Phi) is 6.49. The van der Waals surface area contributed by atoms with E-state index in [0.717, 1.165) is 11.3 Å². The maximum Gasteiger partial charge on any atom is 0.286 e. The zero-order chi connectivity index (χ0) is 23.6. The van der Waals surface area contributed by atoms with Crippen LogP contribution >= 0.6 is 11.3 Å². The van der Waals surface area contributed by atoms with Crippen LogP contribution in [0.3, 0.4) is 0 Å². The fourth-order valence-corrected chi connectivity index (χ4v) is 6.14. The molecule has 0 radical (unpaired) electrons. The quantitative estimate of drug-likeness (QED) is 0.547.